The van der Waals surface area contributed by atoms with Crippen molar-refractivity contribution >= 4 is 11.8 Å². The molecule has 3 nitrogen and oxygen atoms in total. The van der Waals surface area contributed by atoms with Gasteiger partial charge in [0.1, 0.15) is 17.6 Å². The minimum Gasteiger partial charge on any atom is -0.492 e. The molecule has 0 N–H and O–H groups in total. The maximum atomic E-state index is 8.97. The molecule has 0 aliphatic carbocycles. The molecule has 108 valence electrons. The summed E-state index contributed by atoms with van der Waals surface area (Å²) < 4.78 is 11.4. The Morgan fingerprint density at radius 1 is 0.952 bits per heavy atom. The zero-order chi connectivity index (χ0) is 14.9. The molecule has 0 saturated carbocycles. The third-order valence-electron chi connectivity index (χ3n) is 2.88. The van der Waals surface area contributed by atoms with E-state index in [4.69, 9.17) is 14.7 Å². The van der Waals surface area contributed by atoms with Gasteiger partial charge in [-0.2, -0.15) is 5.26 Å². The van der Waals surface area contributed by atoms with Crippen LogP contribution in [0, 0.1) is 11.3 Å². The van der Waals surface area contributed by atoms with E-state index in [0.717, 1.165) is 17.1 Å². The summed E-state index contributed by atoms with van der Waals surface area (Å²) >= 11 is 1.67. The quantitative estimate of drug-likeness (QED) is 0.569. The van der Waals surface area contributed by atoms with Crippen molar-refractivity contribution in [3.05, 3.63) is 54.1 Å². The van der Waals surface area contributed by atoms with Crippen molar-refractivity contribution in [3.8, 4) is 17.6 Å². The van der Waals surface area contributed by atoms with Crippen LogP contribution in [0.1, 0.15) is 12.0 Å². The van der Waals surface area contributed by atoms with Gasteiger partial charge in [-0.1, -0.05) is 24.3 Å². The van der Waals surface area contributed by atoms with Gasteiger partial charge in [-0.15, -0.1) is 11.8 Å². The smallest absolute Gasteiger partial charge is 0.137 e. The van der Waals surface area contributed by atoms with Crippen LogP contribution in [0.3, 0.4) is 0 Å². The van der Waals surface area contributed by atoms with Crippen LogP contribution >= 0.6 is 11.8 Å². The van der Waals surface area contributed by atoms with Crippen LogP contribution in [0.4, 0.5) is 0 Å². The molecule has 0 aliphatic heterocycles. The lowest BCUT2D eigenvalue weighted by Gasteiger charge is -2.11. The molecule has 0 saturated heterocycles. The van der Waals surface area contributed by atoms with Gasteiger partial charge < -0.3 is 9.47 Å². The molecule has 0 amide bonds. The maximum Gasteiger partial charge on any atom is 0.137 e. The first kappa shape index (κ1) is 15.3. The van der Waals surface area contributed by atoms with Gasteiger partial charge in [-0.25, -0.2) is 0 Å². The Balaban J connectivity index is 1.77. The molecule has 0 heterocycles. The van der Waals surface area contributed by atoms with Crippen molar-refractivity contribution in [2.75, 3.05) is 19.5 Å². The second kappa shape index (κ2) is 8.23. The molecule has 0 aliphatic rings. The molecule has 0 bridgehead atoms. The Labute approximate surface area is 129 Å². The van der Waals surface area contributed by atoms with Crippen LogP contribution in [0.2, 0.25) is 0 Å². The first-order valence-electron chi connectivity index (χ1n) is 6.73. The average molecular weight is 299 g/mol. The Morgan fingerprint density at radius 3 is 2.29 bits per heavy atom. The Morgan fingerprint density at radius 2 is 1.57 bits per heavy atom. The van der Waals surface area contributed by atoms with Crippen molar-refractivity contribution in [1.82, 2.24) is 0 Å². The van der Waals surface area contributed by atoms with E-state index >= 15 is 0 Å². The van der Waals surface area contributed by atoms with Crippen LogP contribution in [0.5, 0.6) is 11.5 Å². The molecule has 0 spiro atoms. The summed E-state index contributed by atoms with van der Waals surface area (Å²) in [5.41, 5.74) is 0.561. The molecular formula is C17H17NO2S. The lowest BCUT2D eigenvalue weighted by molar-refractivity contribution is 0.244. The highest BCUT2D eigenvalue weighted by Crippen LogP contribution is 2.26. The van der Waals surface area contributed by atoms with E-state index < -0.39 is 0 Å². The van der Waals surface area contributed by atoms with Crippen LogP contribution < -0.4 is 9.47 Å². The fourth-order valence-corrected chi connectivity index (χ4v) is 2.39. The third-order valence-corrected chi connectivity index (χ3v) is 3.66. The molecule has 0 unspecified atom stereocenters. The van der Waals surface area contributed by atoms with E-state index in [-0.39, 0.29) is 0 Å². The Hall–Kier alpha value is -2.12. The van der Waals surface area contributed by atoms with Gasteiger partial charge in [0.25, 0.3) is 0 Å². The predicted octanol–water partition coefficient (Wildman–Crippen LogP) is 4.13. The van der Waals surface area contributed by atoms with Crippen molar-refractivity contribution < 1.29 is 9.47 Å². The number of nitrogens with zero attached hydrogens (tertiary/aromatic N) is 1. The fraction of sp³-hybridized carbons (Fsp3) is 0.235. The topological polar surface area (TPSA) is 42.2 Å². The minimum atomic E-state index is 0.528. The van der Waals surface area contributed by atoms with Gasteiger partial charge >= 0.3 is 0 Å². The highest BCUT2D eigenvalue weighted by molar-refractivity contribution is 7.98. The molecule has 0 radical (unpaired) electrons. The van der Waals surface area contributed by atoms with Gasteiger partial charge in [-0.05, 0) is 30.5 Å². The van der Waals surface area contributed by atoms with Crippen molar-refractivity contribution in [1.29, 1.82) is 5.26 Å². The van der Waals surface area contributed by atoms with E-state index in [1.54, 1.807) is 17.8 Å². The number of para-hydroxylation sites is 2. The number of thioether (sulfide) groups is 1. The summed E-state index contributed by atoms with van der Waals surface area (Å²) in [5, 5.41) is 8.97. The minimum absolute atomic E-state index is 0.528. The number of hydrogen-bond acceptors (Lipinski definition) is 4. The monoisotopic (exact) mass is 299 g/mol. The van der Waals surface area contributed by atoms with Crippen molar-refractivity contribution in [3.63, 3.8) is 0 Å². The summed E-state index contributed by atoms with van der Waals surface area (Å²) in [6.07, 6.45) is 2.80. The van der Waals surface area contributed by atoms with E-state index in [1.807, 2.05) is 48.7 Å². The van der Waals surface area contributed by atoms with Gasteiger partial charge in [0, 0.05) is 11.3 Å². The van der Waals surface area contributed by atoms with Gasteiger partial charge in [0.15, 0.2) is 0 Å². The first-order valence-corrected chi connectivity index (χ1v) is 7.95. The largest absolute Gasteiger partial charge is 0.492 e. The first-order chi connectivity index (χ1) is 10.3. The van der Waals surface area contributed by atoms with E-state index in [1.165, 1.54) is 0 Å². The summed E-state index contributed by atoms with van der Waals surface area (Å²) in [7, 11) is 0. The molecule has 0 atom stereocenters. The average Bonchev–Trinajstić information content (AvgIpc) is 2.55. The van der Waals surface area contributed by atoms with Crippen LogP contribution in [-0.4, -0.2) is 19.5 Å². The molecule has 2 aromatic carbocycles. The number of rotatable bonds is 7. The zero-order valence-corrected chi connectivity index (χ0v) is 12.7. The Bertz CT molecular complexity index is 622. The highest BCUT2D eigenvalue weighted by Gasteiger charge is 2.03. The number of hydrogen-bond donors (Lipinski definition) is 0. The molecule has 2 aromatic rings. The maximum absolute atomic E-state index is 8.97. The number of benzene rings is 2. The predicted molar refractivity (Wildman–Crippen MR) is 85.0 cm³/mol. The van der Waals surface area contributed by atoms with E-state index in [2.05, 4.69) is 6.07 Å². The lowest BCUT2D eigenvalue weighted by atomic mass is 10.2. The summed E-state index contributed by atoms with van der Waals surface area (Å²) in [4.78, 5) is 1.13. The summed E-state index contributed by atoms with van der Waals surface area (Å²) in [5.74, 6) is 1.53. The van der Waals surface area contributed by atoms with Gasteiger partial charge in [0.05, 0.1) is 18.8 Å². The molecule has 21 heavy (non-hydrogen) atoms. The Kier molecular flexibility index (Phi) is 5.99. The zero-order valence-electron chi connectivity index (χ0n) is 11.9. The van der Waals surface area contributed by atoms with Gasteiger partial charge in [-0.3, -0.25) is 0 Å². The van der Waals surface area contributed by atoms with E-state index in [0.29, 0.717) is 24.5 Å². The van der Waals surface area contributed by atoms with E-state index in [9.17, 15) is 0 Å². The number of ether oxygens (including phenoxy) is 2. The second-order valence-corrected chi connectivity index (χ2v) is 5.16. The van der Waals surface area contributed by atoms with Crippen LogP contribution in [0.25, 0.3) is 0 Å². The van der Waals surface area contributed by atoms with Crippen molar-refractivity contribution in [2.45, 2.75) is 11.3 Å². The standard InChI is InChI=1S/C17H17NO2S/c1-21-17-10-5-4-9-16(17)20-12-6-11-19-15-8-3-2-7-14(15)13-18/h2-5,7-10H,6,11-12H2,1H3. The second-order valence-electron chi connectivity index (χ2n) is 4.31. The van der Waals surface area contributed by atoms with Crippen LogP contribution in [-0.2, 0) is 0 Å². The molecular weight excluding hydrogens is 282 g/mol. The third kappa shape index (κ3) is 4.44. The molecule has 0 aromatic heterocycles. The lowest BCUT2D eigenvalue weighted by Crippen LogP contribution is -2.06. The summed E-state index contributed by atoms with van der Waals surface area (Å²) in [6, 6.07) is 17.3. The summed E-state index contributed by atoms with van der Waals surface area (Å²) in [6.45, 7) is 1.12. The van der Waals surface area contributed by atoms with Crippen LogP contribution in [0.15, 0.2) is 53.4 Å². The highest BCUT2D eigenvalue weighted by atomic mass is 32.2. The van der Waals surface area contributed by atoms with Gasteiger partial charge in [0.2, 0.25) is 0 Å². The molecule has 0 fully saturated rings. The fourth-order valence-electron chi connectivity index (χ4n) is 1.85. The SMILES string of the molecule is CSc1ccccc1OCCCOc1ccccc1C#N. The number of nitriles is 1. The molecule has 2 rings (SSSR count). The normalized spacial score (nSPS) is 9.90. The van der Waals surface area contributed by atoms with Crippen molar-refractivity contribution in [2.24, 2.45) is 0 Å². The molecule has 4 heteroatoms.